The van der Waals surface area contributed by atoms with Gasteiger partial charge in [0.15, 0.2) is 0 Å². The van der Waals surface area contributed by atoms with Crippen molar-refractivity contribution in [1.82, 2.24) is 0 Å². The molecule has 0 bridgehead atoms. The molecular formula is C12H13Br. The Bertz CT molecular complexity index is 333. The Morgan fingerprint density at radius 1 is 1.54 bits per heavy atom. The van der Waals surface area contributed by atoms with Crippen LogP contribution in [0, 0.1) is 25.2 Å². The zero-order valence-electron chi connectivity index (χ0n) is 7.97. The Morgan fingerprint density at radius 3 is 2.85 bits per heavy atom. The van der Waals surface area contributed by atoms with Gasteiger partial charge in [-0.25, -0.2) is 0 Å². The van der Waals surface area contributed by atoms with Gasteiger partial charge in [-0.15, -0.1) is 12.3 Å². The van der Waals surface area contributed by atoms with Gasteiger partial charge < -0.3 is 0 Å². The highest BCUT2D eigenvalue weighted by Crippen LogP contribution is 2.21. The van der Waals surface area contributed by atoms with Crippen molar-refractivity contribution in [3.63, 3.8) is 0 Å². The van der Waals surface area contributed by atoms with Gasteiger partial charge in [-0.3, -0.25) is 0 Å². The van der Waals surface area contributed by atoms with Gasteiger partial charge in [0.2, 0.25) is 0 Å². The molecule has 13 heavy (non-hydrogen) atoms. The van der Waals surface area contributed by atoms with Gasteiger partial charge >= 0.3 is 0 Å². The molecule has 68 valence electrons. The van der Waals surface area contributed by atoms with E-state index in [0.29, 0.717) is 5.92 Å². The predicted molar refractivity (Wildman–Crippen MR) is 60.6 cm³/mol. The number of halogens is 1. The van der Waals surface area contributed by atoms with Gasteiger partial charge in [0, 0.05) is 10.4 Å². The summed E-state index contributed by atoms with van der Waals surface area (Å²) in [6.45, 7) is 4.18. The van der Waals surface area contributed by atoms with E-state index in [2.05, 4.69) is 53.9 Å². The first-order valence-electron chi connectivity index (χ1n) is 4.35. The highest BCUT2D eigenvalue weighted by molar-refractivity contribution is 9.10. The van der Waals surface area contributed by atoms with Crippen LogP contribution in [0.15, 0.2) is 22.7 Å². The molecule has 0 saturated heterocycles. The Morgan fingerprint density at radius 2 is 2.23 bits per heavy atom. The zero-order valence-corrected chi connectivity index (χ0v) is 9.56. The van der Waals surface area contributed by atoms with Crippen LogP contribution in [0.4, 0.5) is 0 Å². The highest BCUT2D eigenvalue weighted by Gasteiger charge is 2.04. The van der Waals surface area contributed by atoms with E-state index in [9.17, 15) is 0 Å². The summed E-state index contributed by atoms with van der Waals surface area (Å²) in [5.41, 5.74) is 2.63. The van der Waals surface area contributed by atoms with Crippen LogP contribution in [0.2, 0.25) is 0 Å². The first kappa shape index (κ1) is 10.3. The van der Waals surface area contributed by atoms with E-state index in [1.54, 1.807) is 0 Å². The second-order valence-electron chi connectivity index (χ2n) is 3.30. The van der Waals surface area contributed by atoms with Gasteiger partial charge in [-0.1, -0.05) is 35.0 Å². The van der Waals surface area contributed by atoms with Gasteiger partial charge in [0.05, 0.1) is 0 Å². The monoisotopic (exact) mass is 236 g/mol. The molecule has 0 heterocycles. The molecule has 1 heteroatoms. The third kappa shape index (κ3) is 2.60. The number of terminal acetylenes is 1. The van der Waals surface area contributed by atoms with Crippen LogP contribution in [0.25, 0.3) is 0 Å². The SMILES string of the molecule is C#CC(C)Cc1cccc(Br)c1C. The Labute approximate surface area is 88.5 Å². The number of rotatable bonds is 2. The fourth-order valence-corrected chi connectivity index (χ4v) is 1.67. The quantitative estimate of drug-likeness (QED) is 0.690. The molecule has 0 fully saturated rings. The maximum atomic E-state index is 5.35. The van der Waals surface area contributed by atoms with Gasteiger partial charge in [0.25, 0.3) is 0 Å². The first-order valence-corrected chi connectivity index (χ1v) is 5.14. The molecule has 0 saturated carbocycles. The van der Waals surface area contributed by atoms with E-state index in [0.717, 1.165) is 10.9 Å². The van der Waals surface area contributed by atoms with Crippen LogP contribution in [-0.4, -0.2) is 0 Å². The second kappa shape index (κ2) is 4.48. The van der Waals surface area contributed by atoms with Crippen molar-refractivity contribution in [2.45, 2.75) is 20.3 Å². The van der Waals surface area contributed by atoms with Crippen LogP contribution in [0.1, 0.15) is 18.1 Å². The fraction of sp³-hybridized carbons (Fsp3) is 0.333. The summed E-state index contributed by atoms with van der Waals surface area (Å²) in [5.74, 6) is 3.06. The van der Waals surface area contributed by atoms with Crippen LogP contribution in [0.5, 0.6) is 0 Å². The molecule has 1 aromatic carbocycles. The minimum Gasteiger partial charge on any atom is -0.120 e. The first-order chi connectivity index (χ1) is 6.15. The van der Waals surface area contributed by atoms with Crippen LogP contribution in [0.3, 0.4) is 0 Å². The Balaban J connectivity index is 2.90. The average Bonchev–Trinajstić information content (AvgIpc) is 2.13. The number of benzene rings is 1. The Kier molecular flexibility index (Phi) is 3.57. The number of hydrogen-bond acceptors (Lipinski definition) is 0. The topological polar surface area (TPSA) is 0 Å². The standard InChI is InChI=1S/C12H13Br/c1-4-9(2)8-11-6-5-7-12(13)10(11)3/h1,5-7,9H,8H2,2-3H3. The smallest absolute Gasteiger partial charge is 0.0212 e. The molecule has 1 rings (SSSR count). The lowest BCUT2D eigenvalue weighted by Crippen LogP contribution is -1.98. The largest absolute Gasteiger partial charge is 0.120 e. The van der Waals surface area contributed by atoms with Gasteiger partial charge in [0.1, 0.15) is 0 Å². The molecule has 0 nitrogen and oxygen atoms in total. The third-order valence-corrected chi connectivity index (χ3v) is 3.05. The zero-order chi connectivity index (χ0) is 9.84. The molecule has 0 aliphatic rings. The molecule has 1 unspecified atom stereocenters. The van der Waals surface area contributed by atoms with Crippen molar-refractivity contribution in [1.29, 1.82) is 0 Å². The van der Waals surface area contributed by atoms with Crippen molar-refractivity contribution in [3.05, 3.63) is 33.8 Å². The van der Waals surface area contributed by atoms with E-state index in [-0.39, 0.29) is 0 Å². The lowest BCUT2D eigenvalue weighted by atomic mass is 9.98. The molecule has 1 aromatic rings. The lowest BCUT2D eigenvalue weighted by molar-refractivity contribution is 0.747. The van der Waals surface area contributed by atoms with Crippen molar-refractivity contribution < 1.29 is 0 Å². The summed E-state index contributed by atoms with van der Waals surface area (Å²) in [7, 11) is 0. The summed E-state index contributed by atoms with van der Waals surface area (Å²) < 4.78 is 1.16. The minimum absolute atomic E-state index is 0.313. The van der Waals surface area contributed by atoms with E-state index in [1.807, 2.05) is 0 Å². The molecular weight excluding hydrogens is 224 g/mol. The van der Waals surface area contributed by atoms with Crippen molar-refractivity contribution >= 4 is 15.9 Å². The summed E-state index contributed by atoms with van der Waals surface area (Å²) >= 11 is 3.51. The van der Waals surface area contributed by atoms with Crippen molar-refractivity contribution in [3.8, 4) is 12.3 Å². The minimum atomic E-state index is 0.313. The van der Waals surface area contributed by atoms with Gasteiger partial charge in [-0.2, -0.15) is 0 Å². The molecule has 0 aliphatic heterocycles. The molecule has 0 aliphatic carbocycles. The van der Waals surface area contributed by atoms with E-state index >= 15 is 0 Å². The van der Waals surface area contributed by atoms with E-state index < -0.39 is 0 Å². The Hall–Kier alpha value is -0.740. The highest BCUT2D eigenvalue weighted by atomic mass is 79.9. The molecule has 0 N–H and O–H groups in total. The summed E-state index contributed by atoms with van der Waals surface area (Å²) in [6.07, 6.45) is 6.31. The molecule has 0 aromatic heterocycles. The van der Waals surface area contributed by atoms with Crippen molar-refractivity contribution in [2.75, 3.05) is 0 Å². The third-order valence-electron chi connectivity index (χ3n) is 2.19. The summed E-state index contributed by atoms with van der Waals surface area (Å²) in [6, 6.07) is 6.24. The maximum Gasteiger partial charge on any atom is 0.0212 e. The molecule has 0 radical (unpaired) electrons. The van der Waals surface area contributed by atoms with Gasteiger partial charge in [-0.05, 0) is 30.5 Å². The maximum absolute atomic E-state index is 5.35. The fourth-order valence-electron chi connectivity index (χ4n) is 1.26. The van der Waals surface area contributed by atoms with Crippen LogP contribution >= 0.6 is 15.9 Å². The van der Waals surface area contributed by atoms with E-state index in [1.165, 1.54) is 11.1 Å². The number of hydrogen-bond donors (Lipinski definition) is 0. The van der Waals surface area contributed by atoms with Crippen LogP contribution in [-0.2, 0) is 6.42 Å². The van der Waals surface area contributed by atoms with Crippen molar-refractivity contribution in [2.24, 2.45) is 5.92 Å². The predicted octanol–water partition coefficient (Wildman–Crippen LogP) is 3.57. The normalized spacial score (nSPS) is 12.2. The summed E-state index contributed by atoms with van der Waals surface area (Å²) in [4.78, 5) is 0. The lowest BCUT2D eigenvalue weighted by Gasteiger charge is -2.08. The molecule has 0 spiro atoms. The molecule has 1 atom stereocenters. The summed E-state index contributed by atoms with van der Waals surface area (Å²) in [5, 5.41) is 0. The average molecular weight is 237 g/mol. The van der Waals surface area contributed by atoms with E-state index in [4.69, 9.17) is 6.42 Å². The van der Waals surface area contributed by atoms with Crippen LogP contribution < -0.4 is 0 Å². The second-order valence-corrected chi connectivity index (χ2v) is 4.15. The molecule has 0 amide bonds.